The van der Waals surface area contributed by atoms with Crippen LogP contribution in [-0.4, -0.2) is 28.4 Å². The van der Waals surface area contributed by atoms with Crippen molar-refractivity contribution in [1.29, 1.82) is 0 Å². The molecule has 3 amide bonds. The first-order valence-electron chi connectivity index (χ1n) is 8.22. The molecule has 0 saturated heterocycles. The van der Waals surface area contributed by atoms with Gasteiger partial charge in [0.15, 0.2) is 0 Å². The van der Waals surface area contributed by atoms with Gasteiger partial charge in [-0.1, -0.05) is 18.2 Å². The van der Waals surface area contributed by atoms with E-state index >= 15 is 0 Å². The summed E-state index contributed by atoms with van der Waals surface area (Å²) in [5, 5.41) is 7.49. The van der Waals surface area contributed by atoms with Gasteiger partial charge < -0.3 is 15.5 Å². The summed E-state index contributed by atoms with van der Waals surface area (Å²) in [6.07, 6.45) is 3.39. The second kappa shape index (κ2) is 7.97. The van der Waals surface area contributed by atoms with E-state index in [-0.39, 0.29) is 11.9 Å². The molecule has 0 bridgehead atoms. The lowest BCUT2D eigenvalue weighted by Crippen LogP contribution is -2.47. The fourth-order valence-corrected chi connectivity index (χ4v) is 3.66. The molecule has 0 unspecified atom stereocenters. The molecule has 0 aliphatic carbocycles. The van der Waals surface area contributed by atoms with Gasteiger partial charge >= 0.3 is 6.03 Å². The van der Waals surface area contributed by atoms with E-state index in [1.807, 2.05) is 35.7 Å². The number of thiophene rings is 1. The fraction of sp³-hybridized carbons (Fsp3) is 0.211. The summed E-state index contributed by atoms with van der Waals surface area (Å²) in [5.74, 6) is -0.154. The van der Waals surface area contributed by atoms with Crippen molar-refractivity contribution in [3.63, 3.8) is 0 Å². The number of carbonyl (C=O) groups excluding carboxylic acids is 2. The van der Waals surface area contributed by atoms with Crippen molar-refractivity contribution >= 4 is 23.3 Å². The van der Waals surface area contributed by atoms with Crippen molar-refractivity contribution in [2.75, 3.05) is 6.54 Å². The molecule has 3 rings (SSSR count). The highest BCUT2D eigenvalue weighted by molar-refractivity contribution is 7.10. The molecule has 134 valence electrons. The number of rotatable bonds is 6. The first-order chi connectivity index (χ1) is 12.6. The van der Waals surface area contributed by atoms with E-state index < -0.39 is 6.04 Å². The molecular weight excluding hydrogens is 348 g/mol. The Morgan fingerprint density at radius 1 is 1.38 bits per heavy atom. The normalized spacial score (nSPS) is 16.7. The van der Waals surface area contributed by atoms with Gasteiger partial charge in [-0.3, -0.25) is 9.78 Å². The topological polar surface area (TPSA) is 74.3 Å². The summed E-state index contributed by atoms with van der Waals surface area (Å²) in [5.41, 5.74) is 1.89. The Kier molecular flexibility index (Phi) is 5.48. The van der Waals surface area contributed by atoms with E-state index in [9.17, 15) is 9.59 Å². The molecule has 0 radical (unpaired) electrons. The lowest BCUT2D eigenvalue weighted by Gasteiger charge is -2.31. The number of amides is 3. The zero-order valence-corrected chi connectivity index (χ0v) is 15.3. The number of carbonyl (C=O) groups is 2. The number of urea groups is 1. The molecule has 7 heteroatoms. The average Bonchev–Trinajstić information content (AvgIpc) is 3.16. The van der Waals surface area contributed by atoms with E-state index in [1.165, 1.54) is 11.3 Å². The van der Waals surface area contributed by atoms with Crippen LogP contribution in [0.3, 0.4) is 0 Å². The van der Waals surface area contributed by atoms with E-state index in [2.05, 4.69) is 22.2 Å². The summed E-state index contributed by atoms with van der Waals surface area (Å²) < 4.78 is 0. The van der Waals surface area contributed by atoms with Gasteiger partial charge in [0.25, 0.3) is 5.91 Å². The van der Waals surface area contributed by atoms with Gasteiger partial charge in [0, 0.05) is 23.3 Å². The van der Waals surface area contributed by atoms with Crippen LogP contribution in [0.2, 0.25) is 0 Å². The molecule has 1 atom stereocenters. The lowest BCUT2D eigenvalue weighted by molar-refractivity contribution is -0.127. The third-order valence-corrected chi connectivity index (χ3v) is 4.98. The average molecular weight is 368 g/mol. The van der Waals surface area contributed by atoms with Gasteiger partial charge in [0.1, 0.15) is 0 Å². The van der Waals surface area contributed by atoms with Crippen molar-refractivity contribution in [2.45, 2.75) is 19.5 Å². The minimum Gasteiger partial charge on any atom is -0.329 e. The molecular formula is C19H20N4O2S. The molecule has 26 heavy (non-hydrogen) atoms. The molecule has 0 fully saturated rings. The zero-order valence-electron chi connectivity index (χ0n) is 14.4. The Labute approximate surface area is 156 Å². The smallest absolute Gasteiger partial charge is 0.319 e. The molecule has 2 aromatic rings. The van der Waals surface area contributed by atoms with E-state index in [1.54, 1.807) is 24.1 Å². The van der Waals surface area contributed by atoms with Gasteiger partial charge in [-0.15, -0.1) is 17.9 Å². The molecule has 0 saturated carbocycles. The summed E-state index contributed by atoms with van der Waals surface area (Å²) in [7, 11) is 0. The molecule has 0 aromatic carbocycles. The second-order valence-electron chi connectivity index (χ2n) is 5.88. The SMILES string of the molecule is C=CCN(Cc1ccccn1)C(=O)C1=C(C)NC(=O)N[C@H]1c1cccs1. The highest BCUT2D eigenvalue weighted by atomic mass is 32.1. The van der Waals surface area contributed by atoms with E-state index in [0.29, 0.717) is 24.4 Å². The van der Waals surface area contributed by atoms with Crippen LogP contribution >= 0.6 is 11.3 Å². The number of nitrogens with one attached hydrogen (secondary N) is 2. The van der Waals surface area contributed by atoms with Crippen LogP contribution in [0.1, 0.15) is 23.5 Å². The largest absolute Gasteiger partial charge is 0.329 e. The predicted octanol–water partition coefficient (Wildman–Crippen LogP) is 2.99. The molecule has 6 nitrogen and oxygen atoms in total. The number of allylic oxidation sites excluding steroid dienone is 1. The van der Waals surface area contributed by atoms with Gasteiger partial charge in [0.05, 0.1) is 23.9 Å². The minimum atomic E-state index is -0.465. The molecule has 1 aliphatic rings. The molecule has 2 N–H and O–H groups in total. The molecule has 2 aromatic heterocycles. The second-order valence-corrected chi connectivity index (χ2v) is 6.86. The highest BCUT2D eigenvalue weighted by Crippen LogP contribution is 2.31. The van der Waals surface area contributed by atoms with Crippen molar-refractivity contribution in [3.8, 4) is 0 Å². The monoisotopic (exact) mass is 368 g/mol. The van der Waals surface area contributed by atoms with Crippen LogP contribution in [0.25, 0.3) is 0 Å². The number of nitrogens with zero attached hydrogens (tertiary/aromatic N) is 2. The van der Waals surface area contributed by atoms with Crippen LogP contribution in [0.4, 0.5) is 4.79 Å². The number of aromatic nitrogens is 1. The highest BCUT2D eigenvalue weighted by Gasteiger charge is 2.34. The Morgan fingerprint density at radius 3 is 2.88 bits per heavy atom. The van der Waals surface area contributed by atoms with Gasteiger partial charge in [-0.2, -0.15) is 0 Å². The maximum atomic E-state index is 13.3. The zero-order chi connectivity index (χ0) is 18.5. The fourth-order valence-electron chi connectivity index (χ4n) is 2.88. The van der Waals surface area contributed by atoms with Gasteiger partial charge in [-0.05, 0) is 30.5 Å². The maximum absolute atomic E-state index is 13.3. The van der Waals surface area contributed by atoms with Crippen molar-refractivity contribution in [3.05, 3.63) is 76.4 Å². The number of hydrogen-bond acceptors (Lipinski definition) is 4. The molecule has 0 spiro atoms. The Hall–Kier alpha value is -2.93. The summed E-state index contributed by atoms with van der Waals surface area (Å²) in [6, 6.07) is 8.65. The van der Waals surface area contributed by atoms with Crippen LogP contribution in [0.5, 0.6) is 0 Å². The summed E-state index contributed by atoms with van der Waals surface area (Å²) in [6.45, 7) is 6.26. The lowest BCUT2D eigenvalue weighted by atomic mass is 9.99. The number of pyridine rings is 1. The Bertz CT molecular complexity index is 830. The van der Waals surface area contributed by atoms with Crippen LogP contribution in [0.15, 0.2) is 65.8 Å². The quantitative estimate of drug-likeness (QED) is 0.770. The first-order valence-corrected chi connectivity index (χ1v) is 9.10. The first kappa shape index (κ1) is 17.9. The van der Waals surface area contributed by atoms with Crippen LogP contribution in [0, 0.1) is 0 Å². The van der Waals surface area contributed by atoms with Gasteiger partial charge in [-0.25, -0.2) is 4.79 Å². The maximum Gasteiger partial charge on any atom is 0.319 e. The molecule has 1 aliphatic heterocycles. The Balaban J connectivity index is 1.93. The number of hydrogen-bond donors (Lipinski definition) is 2. The summed E-state index contributed by atoms with van der Waals surface area (Å²) in [4.78, 5) is 32.1. The van der Waals surface area contributed by atoms with Crippen molar-refractivity contribution < 1.29 is 9.59 Å². The third kappa shape index (κ3) is 3.83. The third-order valence-electron chi connectivity index (χ3n) is 4.04. The molecule has 3 heterocycles. The standard InChI is InChI=1S/C19H20N4O2S/c1-3-10-23(12-14-7-4-5-9-20-14)18(24)16-13(2)21-19(25)22-17(16)15-8-6-11-26-15/h3-9,11,17H,1,10,12H2,2H3,(H2,21,22,25)/t17-/m0/s1. The van der Waals surface area contributed by atoms with E-state index in [4.69, 9.17) is 0 Å². The van der Waals surface area contributed by atoms with Crippen molar-refractivity contribution in [1.82, 2.24) is 20.5 Å². The minimum absolute atomic E-state index is 0.154. The van der Waals surface area contributed by atoms with Gasteiger partial charge in [0.2, 0.25) is 0 Å². The predicted molar refractivity (Wildman–Crippen MR) is 101 cm³/mol. The van der Waals surface area contributed by atoms with Crippen LogP contribution in [-0.2, 0) is 11.3 Å². The van der Waals surface area contributed by atoms with Crippen molar-refractivity contribution in [2.24, 2.45) is 0 Å². The Morgan fingerprint density at radius 2 is 2.23 bits per heavy atom. The summed E-state index contributed by atoms with van der Waals surface area (Å²) >= 11 is 1.50. The van der Waals surface area contributed by atoms with E-state index in [0.717, 1.165) is 10.6 Å². The van der Waals surface area contributed by atoms with Crippen LogP contribution < -0.4 is 10.6 Å².